The Bertz CT molecular complexity index is 281. The summed E-state index contributed by atoms with van der Waals surface area (Å²) < 4.78 is 1.88. The standard InChI is InChI=1S/C12H21BrN2/c1-10(2)6-11(7-13)4-5-12-8-14-15(3)9-12/h8-11H,4-7H2,1-3H3. The lowest BCUT2D eigenvalue weighted by Gasteiger charge is -2.15. The van der Waals surface area contributed by atoms with E-state index in [0.717, 1.165) is 23.6 Å². The number of rotatable bonds is 6. The third kappa shape index (κ3) is 4.83. The fourth-order valence-corrected chi connectivity index (χ4v) is 2.48. The number of nitrogens with zero attached hydrogens (tertiary/aromatic N) is 2. The van der Waals surface area contributed by atoms with E-state index in [1.165, 1.54) is 18.4 Å². The Balaban J connectivity index is 2.34. The zero-order valence-corrected chi connectivity index (χ0v) is 11.5. The third-order valence-electron chi connectivity index (χ3n) is 2.62. The molecular weight excluding hydrogens is 252 g/mol. The molecule has 0 fully saturated rings. The van der Waals surface area contributed by atoms with Crippen LogP contribution in [0.5, 0.6) is 0 Å². The number of halogens is 1. The van der Waals surface area contributed by atoms with Crippen molar-refractivity contribution in [2.24, 2.45) is 18.9 Å². The fourth-order valence-electron chi connectivity index (χ4n) is 1.90. The number of hydrogen-bond donors (Lipinski definition) is 0. The molecule has 0 saturated carbocycles. The highest BCUT2D eigenvalue weighted by molar-refractivity contribution is 9.09. The highest BCUT2D eigenvalue weighted by atomic mass is 79.9. The zero-order chi connectivity index (χ0) is 11.3. The van der Waals surface area contributed by atoms with E-state index >= 15 is 0 Å². The Morgan fingerprint density at radius 1 is 1.47 bits per heavy atom. The van der Waals surface area contributed by atoms with Crippen molar-refractivity contribution in [3.63, 3.8) is 0 Å². The van der Waals surface area contributed by atoms with Crippen LogP contribution in [0.2, 0.25) is 0 Å². The van der Waals surface area contributed by atoms with E-state index < -0.39 is 0 Å². The van der Waals surface area contributed by atoms with Crippen molar-refractivity contribution in [3.8, 4) is 0 Å². The zero-order valence-electron chi connectivity index (χ0n) is 9.91. The van der Waals surface area contributed by atoms with Gasteiger partial charge in [0.2, 0.25) is 0 Å². The molecule has 0 spiro atoms. The molecule has 0 aliphatic carbocycles. The summed E-state index contributed by atoms with van der Waals surface area (Å²) in [6.45, 7) is 4.58. The summed E-state index contributed by atoms with van der Waals surface area (Å²) >= 11 is 3.60. The van der Waals surface area contributed by atoms with Crippen LogP contribution in [0.1, 0.15) is 32.3 Å². The monoisotopic (exact) mass is 272 g/mol. The van der Waals surface area contributed by atoms with E-state index in [0.29, 0.717) is 0 Å². The minimum Gasteiger partial charge on any atom is -0.276 e. The van der Waals surface area contributed by atoms with Gasteiger partial charge in [-0.1, -0.05) is 29.8 Å². The van der Waals surface area contributed by atoms with Gasteiger partial charge in [-0.25, -0.2) is 0 Å². The smallest absolute Gasteiger partial charge is 0.0521 e. The van der Waals surface area contributed by atoms with E-state index in [-0.39, 0.29) is 0 Å². The molecular formula is C12H21BrN2. The molecule has 0 aliphatic rings. The maximum absolute atomic E-state index is 4.19. The molecule has 0 bridgehead atoms. The van der Waals surface area contributed by atoms with E-state index in [1.807, 2.05) is 17.9 Å². The Hall–Kier alpha value is -0.310. The summed E-state index contributed by atoms with van der Waals surface area (Å²) in [4.78, 5) is 0. The van der Waals surface area contributed by atoms with E-state index in [9.17, 15) is 0 Å². The predicted molar refractivity (Wildman–Crippen MR) is 68.3 cm³/mol. The van der Waals surface area contributed by atoms with Crippen molar-refractivity contribution < 1.29 is 0 Å². The Morgan fingerprint density at radius 3 is 2.67 bits per heavy atom. The van der Waals surface area contributed by atoms with E-state index in [1.54, 1.807) is 0 Å². The molecule has 0 N–H and O–H groups in total. The van der Waals surface area contributed by atoms with Crippen LogP contribution < -0.4 is 0 Å². The van der Waals surface area contributed by atoms with Gasteiger partial charge in [0, 0.05) is 18.6 Å². The molecule has 86 valence electrons. The van der Waals surface area contributed by atoms with Gasteiger partial charge in [0.25, 0.3) is 0 Å². The van der Waals surface area contributed by atoms with Gasteiger partial charge in [-0.2, -0.15) is 5.10 Å². The highest BCUT2D eigenvalue weighted by Gasteiger charge is 2.10. The molecule has 1 atom stereocenters. The molecule has 1 aromatic heterocycles. The maximum atomic E-state index is 4.19. The quantitative estimate of drug-likeness (QED) is 0.726. The lowest BCUT2D eigenvalue weighted by molar-refractivity contribution is 0.423. The largest absolute Gasteiger partial charge is 0.276 e. The predicted octanol–water partition coefficient (Wildman–Crippen LogP) is 3.41. The summed E-state index contributed by atoms with van der Waals surface area (Å²) in [6, 6.07) is 0. The van der Waals surface area contributed by atoms with Crippen LogP contribution >= 0.6 is 15.9 Å². The Morgan fingerprint density at radius 2 is 2.20 bits per heavy atom. The van der Waals surface area contributed by atoms with Gasteiger partial charge >= 0.3 is 0 Å². The van der Waals surface area contributed by atoms with Crippen LogP contribution in [0.4, 0.5) is 0 Å². The normalized spacial score (nSPS) is 13.4. The third-order valence-corrected chi connectivity index (χ3v) is 3.54. The van der Waals surface area contributed by atoms with Crippen molar-refractivity contribution in [1.82, 2.24) is 9.78 Å². The molecule has 2 nitrogen and oxygen atoms in total. The second-order valence-corrected chi connectivity index (χ2v) is 5.36. The minimum absolute atomic E-state index is 0.793. The molecule has 0 aliphatic heterocycles. The highest BCUT2D eigenvalue weighted by Crippen LogP contribution is 2.19. The summed E-state index contributed by atoms with van der Waals surface area (Å²) in [5, 5.41) is 5.30. The summed E-state index contributed by atoms with van der Waals surface area (Å²) in [6.07, 6.45) is 7.80. The molecule has 1 aromatic rings. The SMILES string of the molecule is CC(C)CC(CBr)CCc1cnn(C)c1. The van der Waals surface area contributed by atoms with E-state index in [4.69, 9.17) is 0 Å². The molecule has 0 amide bonds. The van der Waals surface area contributed by atoms with Gasteiger partial charge in [0.15, 0.2) is 0 Å². The lowest BCUT2D eigenvalue weighted by Crippen LogP contribution is -2.07. The van der Waals surface area contributed by atoms with E-state index in [2.05, 4.69) is 41.1 Å². The molecule has 1 rings (SSSR count). The first kappa shape index (κ1) is 12.8. The van der Waals surface area contributed by atoms with Gasteiger partial charge in [-0.15, -0.1) is 0 Å². The van der Waals surface area contributed by atoms with Crippen LogP contribution in [0, 0.1) is 11.8 Å². The van der Waals surface area contributed by atoms with Gasteiger partial charge in [-0.05, 0) is 36.7 Å². The first-order valence-electron chi connectivity index (χ1n) is 5.65. The van der Waals surface area contributed by atoms with Crippen LogP contribution in [-0.2, 0) is 13.5 Å². The molecule has 0 radical (unpaired) electrons. The van der Waals surface area contributed by atoms with Crippen molar-refractivity contribution in [2.75, 3.05) is 5.33 Å². The second-order valence-electron chi connectivity index (χ2n) is 4.71. The van der Waals surface area contributed by atoms with Crippen LogP contribution in [0.15, 0.2) is 12.4 Å². The van der Waals surface area contributed by atoms with Crippen LogP contribution in [-0.4, -0.2) is 15.1 Å². The summed E-state index contributed by atoms with van der Waals surface area (Å²) in [5.41, 5.74) is 1.35. The summed E-state index contributed by atoms with van der Waals surface area (Å²) in [7, 11) is 1.97. The van der Waals surface area contributed by atoms with Crippen molar-refractivity contribution in [3.05, 3.63) is 18.0 Å². The van der Waals surface area contributed by atoms with Crippen LogP contribution in [0.3, 0.4) is 0 Å². The molecule has 1 heterocycles. The molecule has 1 unspecified atom stereocenters. The van der Waals surface area contributed by atoms with Crippen LogP contribution in [0.25, 0.3) is 0 Å². The number of hydrogen-bond acceptors (Lipinski definition) is 1. The topological polar surface area (TPSA) is 17.8 Å². The average molecular weight is 273 g/mol. The lowest BCUT2D eigenvalue weighted by atomic mass is 9.93. The first-order valence-corrected chi connectivity index (χ1v) is 6.77. The molecule has 0 saturated heterocycles. The number of aromatic nitrogens is 2. The second kappa shape index (κ2) is 6.31. The molecule has 15 heavy (non-hydrogen) atoms. The first-order chi connectivity index (χ1) is 7.11. The van der Waals surface area contributed by atoms with Crippen molar-refractivity contribution >= 4 is 15.9 Å². The molecule has 3 heteroatoms. The van der Waals surface area contributed by atoms with Gasteiger partial charge in [-0.3, -0.25) is 4.68 Å². The van der Waals surface area contributed by atoms with Crippen molar-refractivity contribution in [1.29, 1.82) is 0 Å². The molecule has 0 aromatic carbocycles. The minimum atomic E-state index is 0.793. The average Bonchev–Trinajstić information content (AvgIpc) is 2.58. The maximum Gasteiger partial charge on any atom is 0.0521 e. The van der Waals surface area contributed by atoms with Gasteiger partial charge in [0.1, 0.15) is 0 Å². The number of aryl methyl sites for hydroxylation is 2. The fraction of sp³-hybridized carbons (Fsp3) is 0.750. The Labute approximate surface area is 101 Å². The Kier molecular flexibility index (Phi) is 5.37. The van der Waals surface area contributed by atoms with Gasteiger partial charge < -0.3 is 0 Å². The van der Waals surface area contributed by atoms with Crippen molar-refractivity contribution in [2.45, 2.75) is 33.1 Å². The van der Waals surface area contributed by atoms with Gasteiger partial charge in [0.05, 0.1) is 6.20 Å². The number of alkyl halides is 1. The summed E-state index contributed by atoms with van der Waals surface area (Å²) in [5.74, 6) is 1.59.